The van der Waals surface area contributed by atoms with Crippen LogP contribution >= 0.6 is 0 Å². The lowest BCUT2D eigenvalue weighted by molar-refractivity contribution is 0.223. The zero-order valence-corrected chi connectivity index (χ0v) is 11.0. The molecule has 0 spiro atoms. The molecule has 2 N–H and O–H groups in total. The summed E-state index contributed by atoms with van der Waals surface area (Å²) in [6.45, 7) is 3.46. The number of likely N-dealkylation sites (N-methyl/N-ethyl adjacent to an activating group) is 1. The fourth-order valence-electron chi connectivity index (χ4n) is 2.12. The van der Waals surface area contributed by atoms with E-state index in [0.717, 1.165) is 12.3 Å². The molecule has 0 radical (unpaired) electrons. The molecule has 3 heteroatoms. The average molecular weight is 244 g/mol. The molecule has 0 bridgehead atoms. The molecule has 1 aromatic heterocycles. The first kappa shape index (κ1) is 12.9. The van der Waals surface area contributed by atoms with Crippen molar-refractivity contribution in [1.82, 2.24) is 4.90 Å². The molecule has 2 aromatic rings. The van der Waals surface area contributed by atoms with Crippen LogP contribution in [0.3, 0.4) is 0 Å². The molecular formula is C15H20N2O. The number of rotatable bonds is 5. The van der Waals surface area contributed by atoms with Gasteiger partial charge in [0, 0.05) is 12.6 Å². The zero-order valence-electron chi connectivity index (χ0n) is 11.0. The smallest absolute Gasteiger partial charge is 0.117 e. The van der Waals surface area contributed by atoms with E-state index >= 15 is 0 Å². The predicted molar refractivity (Wildman–Crippen MR) is 73.1 cm³/mol. The molecular weight excluding hydrogens is 224 g/mol. The average Bonchev–Trinajstić information content (AvgIpc) is 2.85. The number of hydrogen-bond donors (Lipinski definition) is 1. The Morgan fingerprint density at radius 3 is 2.50 bits per heavy atom. The van der Waals surface area contributed by atoms with Gasteiger partial charge in [0.1, 0.15) is 5.76 Å². The fraction of sp³-hybridized carbons (Fsp3) is 0.333. The van der Waals surface area contributed by atoms with Gasteiger partial charge in [-0.2, -0.15) is 0 Å². The highest BCUT2D eigenvalue weighted by Crippen LogP contribution is 2.20. The minimum atomic E-state index is 0.218. The second kappa shape index (κ2) is 5.85. The highest BCUT2D eigenvalue weighted by atomic mass is 16.3. The molecule has 0 amide bonds. The summed E-state index contributed by atoms with van der Waals surface area (Å²) in [7, 11) is 2.07. The van der Waals surface area contributed by atoms with Crippen molar-refractivity contribution in [3.05, 3.63) is 59.5 Å². The lowest BCUT2D eigenvalue weighted by Crippen LogP contribution is -2.30. The van der Waals surface area contributed by atoms with Gasteiger partial charge in [0.15, 0.2) is 0 Å². The van der Waals surface area contributed by atoms with E-state index in [0.29, 0.717) is 6.54 Å². The summed E-state index contributed by atoms with van der Waals surface area (Å²) in [6.07, 6.45) is 1.70. The molecule has 1 heterocycles. The summed E-state index contributed by atoms with van der Waals surface area (Å²) < 4.78 is 5.37. The predicted octanol–water partition coefficient (Wildman–Crippen LogP) is 2.72. The van der Waals surface area contributed by atoms with Gasteiger partial charge in [-0.1, -0.05) is 29.8 Å². The second-order valence-corrected chi connectivity index (χ2v) is 4.66. The Morgan fingerprint density at radius 1 is 1.22 bits per heavy atom. The summed E-state index contributed by atoms with van der Waals surface area (Å²) in [6, 6.07) is 12.6. The van der Waals surface area contributed by atoms with Gasteiger partial charge < -0.3 is 10.2 Å². The number of benzene rings is 1. The van der Waals surface area contributed by atoms with Gasteiger partial charge in [-0.25, -0.2) is 0 Å². The van der Waals surface area contributed by atoms with Crippen molar-refractivity contribution in [2.24, 2.45) is 5.73 Å². The lowest BCUT2D eigenvalue weighted by atomic mass is 10.0. The molecule has 0 fully saturated rings. The van der Waals surface area contributed by atoms with E-state index in [1.807, 2.05) is 12.1 Å². The van der Waals surface area contributed by atoms with Crippen molar-refractivity contribution in [2.45, 2.75) is 19.5 Å². The maximum absolute atomic E-state index is 5.90. The Balaban J connectivity index is 2.10. The quantitative estimate of drug-likeness (QED) is 0.879. The van der Waals surface area contributed by atoms with E-state index in [1.54, 1.807) is 6.26 Å². The van der Waals surface area contributed by atoms with E-state index in [1.165, 1.54) is 11.1 Å². The van der Waals surface area contributed by atoms with E-state index in [9.17, 15) is 0 Å². The SMILES string of the molecule is Cc1ccc(C(CN)N(C)Cc2ccco2)cc1. The minimum absolute atomic E-state index is 0.218. The Kier molecular flexibility index (Phi) is 4.18. The van der Waals surface area contributed by atoms with Crippen LogP contribution in [0, 0.1) is 6.92 Å². The van der Waals surface area contributed by atoms with Gasteiger partial charge >= 0.3 is 0 Å². The molecule has 0 aliphatic rings. The zero-order chi connectivity index (χ0) is 13.0. The number of hydrogen-bond acceptors (Lipinski definition) is 3. The Hall–Kier alpha value is -1.58. The van der Waals surface area contributed by atoms with Gasteiger partial charge in [0.05, 0.1) is 12.8 Å². The summed E-state index contributed by atoms with van der Waals surface area (Å²) in [5.41, 5.74) is 8.41. The van der Waals surface area contributed by atoms with Crippen LogP contribution in [0.1, 0.15) is 22.9 Å². The van der Waals surface area contributed by atoms with Crippen LogP contribution in [0.4, 0.5) is 0 Å². The standard InChI is InChI=1S/C15H20N2O/c1-12-5-7-13(8-6-12)15(10-16)17(2)11-14-4-3-9-18-14/h3-9,15H,10-11,16H2,1-2H3. The molecule has 96 valence electrons. The molecule has 0 aliphatic heterocycles. The van der Waals surface area contributed by atoms with Crippen molar-refractivity contribution >= 4 is 0 Å². The van der Waals surface area contributed by atoms with E-state index in [4.69, 9.17) is 10.2 Å². The third-order valence-corrected chi connectivity index (χ3v) is 3.20. The molecule has 1 atom stereocenters. The van der Waals surface area contributed by atoms with Crippen LogP contribution in [-0.2, 0) is 6.54 Å². The van der Waals surface area contributed by atoms with Crippen molar-refractivity contribution in [1.29, 1.82) is 0 Å². The Morgan fingerprint density at radius 2 is 1.94 bits per heavy atom. The van der Waals surface area contributed by atoms with Crippen molar-refractivity contribution < 1.29 is 4.42 Å². The summed E-state index contributed by atoms with van der Waals surface area (Å²) in [5.74, 6) is 0.961. The largest absolute Gasteiger partial charge is 0.468 e. The number of aryl methyl sites for hydroxylation is 1. The summed E-state index contributed by atoms with van der Waals surface area (Å²) >= 11 is 0. The van der Waals surface area contributed by atoms with Crippen LogP contribution in [0.2, 0.25) is 0 Å². The number of furan rings is 1. The first-order valence-corrected chi connectivity index (χ1v) is 6.20. The lowest BCUT2D eigenvalue weighted by Gasteiger charge is -2.26. The third kappa shape index (κ3) is 3.00. The van der Waals surface area contributed by atoms with Gasteiger partial charge in [0.2, 0.25) is 0 Å². The summed E-state index contributed by atoms with van der Waals surface area (Å²) in [4.78, 5) is 2.21. The van der Waals surface area contributed by atoms with E-state index in [-0.39, 0.29) is 6.04 Å². The Labute approximate surface area is 108 Å². The van der Waals surface area contributed by atoms with E-state index < -0.39 is 0 Å². The van der Waals surface area contributed by atoms with Crippen molar-refractivity contribution in [3.8, 4) is 0 Å². The highest BCUT2D eigenvalue weighted by molar-refractivity contribution is 5.24. The molecule has 18 heavy (non-hydrogen) atoms. The van der Waals surface area contributed by atoms with E-state index in [2.05, 4.69) is 43.1 Å². The second-order valence-electron chi connectivity index (χ2n) is 4.66. The van der Waals surface area contributed by atoms with Gasteiger partial charge in [0.25, 0.3) is 0 Å². The number of nitrogens with zero attached hydrogens (tertiary/aromatic N) is 1. The molecule has 1 aromatic carbocycles. The molecule has 2 rings (SSSR count). The van der Waals surface area contributed by atoms with Crippen LogP contribution in [0.15, 0.2) is 47.1 Å². The monoisotopic (exact) mass is 244 g/mol. The van der Waals surface area contributed by atoms with Gasteiger partial charge in [-0.3, -0.25) is 4.90 Å². The van der Waals surface area contributed by atoms with Crippen molar-refractivity contribution in [3.63, 3.8) is 0 Å². The Bertz CT molecular complexity index is 462. The van der Waals surface area contributed by atoms with Gasteiger partial charge in [-0.15, -0.1) is 0 Å². The molecule has 1 unspecified atom stereocenters. The topological polar surface area (TPSA) is 42.4 Å². The molecule has 0 saturated heterocycles. The fourth-order valence-corrected chi connectivity index (χ4v) is 2.12. The third-order valence-electron chi connectivity index (χ3n) is 3.20. The molecule has 0 aliphatic carbocycles. The van der Waals surface area contributed by atoms with Crippen LogP contribution < -0.4 is 5.73 Å². The first-order valence-electron chi connectivity index (χ1n) is 6.20. The van der Waals surface area contributed by atoms with Crippen LogP contribution in [0.5, 0.6) is 0 Å². The van der Waals surface area contributed by atoms with Gasteiger partial charge in [-0.05, 0) is 31.7 Å². The van der Waals surface area contributed by atoms with Crippen LogP contribution in [-0.4, -0.2) is 18.5 Å². The molecule has 3 nitrogen and oxygen atoms in total. The first-order chi connectivity index (χ1) is 8.70. The molecule has 0 saturated carbocycles. The normalized spacial score (nSPS) is 12.9. The van der Waals surface area contributed by atoms with Crippen molar-refractivity contribution in [2.75, 3.05) is 13.6 Å². The maximum Gasteiger partial charge on any atom is 0.117 e. The summed E-state index contributed by atoms with van der Waals surface area (Å²) in [5, 5.41) is 0. The minimum Gasteiger partial charge on any atom is -0.468 e. The maximum atomic E-state index is 5.90. The number of nitrogens with two attached hydrogens (primary N) is 1. The van der Waals surface area contributed by atoms with Crippen LogP contribution in [0.25, 0.3) is 0 Å². The highest BCUT2D eigenvalue weighted by Gasteiger charge is 2.16.